The second kappa shape index (κ2) is 7.08. The Bertz CT molecular complexity index is 765. The van der Waals surface area contributed by atoms with Gasteiger partial charge in [0.2, 0.25) is 0 Å². The molecule has 1 aliphatic heterocycles. The standard InChI is InChI=1S/C18H27NO2/c1-4-21-17(20)14-18(8-10-19(3)11-9-18)13-16-7-5-6-15(2)12-16/h5-7,12H,4,8-11,13-14H2,1-3H3/i5D,6D,7D,8D2,9D2,12D. The molecule has 1 saturated heterocycles. The van der Waals surface area contributed by atoms with Crippen molar-refractivity contribution in [3.8, 4) is 0 Å². The molecule has 0 aliphatic carbocycles. The Kier molecular flexibility index (Phi) is 2.81. The topological polar surface area (TPSA) is 29.5 Å². The second-order valence-electron chi connectivity index (χ2n) is 5.37. The summed E-state index contributed by atoms with van der Waals surface area (Å²) in [5, 5.41) is 0. The molecule has 3 heteroatoms. The molecule has 0 atom stereocenters. The van der Waals surface area contributed by atoms with Gasteiger partial charge in [-0.25, -0.2) is 0 Å². The molecule has 21 heavy (non-hydrogen) atoms. The molecule has 1 aromatic carbocycles. The first kappa shape index (κ1) is 8.33. The lowest BCUT2D eigenvalue weighted by Gasteiger charge is -2.40. The van der Waals surface area contributed by atoms with Crippen LogP contribution in [0.15, 0.2) is 24.2 Å². The normalized spacial score (nSPS) is 28.7. The minimum absolute atomic E-state index is 0.0231. The molecule has 0 saturated carbocycles. The molecule has 116 valence electrons. The largest absolute Gasteiger partial charge is 0.466 e. The van der Waals surface area contributed by atoms with Crippen LogP contribution in [-0.4, -0.2) is 37.6 Å². The van der Waals surface area contributed by atoms with Gasteiger partial charge in [0.05, 0.1) is 18.5 Å². The molecule has 2 rings (SSSR count). The maximum Gasteiger partial charge on any atom is 0.306 e. The fourth-order valence-electron chi connectivity index (χ4n) is 2.34. The summed E-state index contributed by atoms with van der Waals surface area (Å²) in [5.41, 5.74) is -1.75. The first-order valence-electron chi connectivity index (χ1n) is 11.1. The lowest BCUT2D eigenvalue weighted by Crippen LogP contribution is -2.40. The lowest BCUT2D eigenvalue weighted by molar-refractivity contribution is -0.146. The molecule has 0 bridgehead atoms. The van der Waals surface area contributed by atoms with E-state index in [0.717, 1.165) is 0 Å². The number of nitrogens with zero attached hydrogens (tertiary/aromatic N) is 1. The smallest absolute Gasteiger partial charge is 0.306 e. The Morgan fingerprint density at radius 1 is 1.48 bits per heavy atom. The Labute approximate surface area is 139 Å². The van der Waals surface area contributed by atoms with Gasteiger partial charge in [0.1, 0.15) is 0 Å². The van der Waals surface area contributed by atoms with Crippen LogP contribution < -0.4 is 0 Å². The Morgan fingerprint density at radius 2 is 2.19 bits per heavy atom. The van der Waals surface area contributed by atoms with Crippen molar-refractivity contribution in [2.75, 3.05) is 26.7 Å². The highest BCUT2D eigenvalue weighted by Gasteiger charge is 2.36. The van der Waals surface area contributed by atoms with Gasteiger partial charge in [-0.05, 0) is 64.1 Å². The molecule has 0 N–H and O–H groups in total. The number of esters is 1. The van der Waals surface area contributed by atoms with E-state index in [1.54, 1.807) is 14.0 Å². The maximum atomic E-state index is 12.4. The van der Waals surface area contributed by atoms with Crippen LogP contribution in [0.1, 0.15) is 48.2 Å². The molecule has 3 nitrogen and oxygen atoms in total. The lowest BCUT2D eigenvalue weighted by atomic mass is 9.71. The number of carbonyl (C=O) groups excluding carboxylic acids is 1. The summed E-state index contributed by atoms with van der Waals surface area (Å²) in [6.45, 7) is 2.89. The number of rotatable bonds is 5. The van der Waals surface area contributed by atoms with Gasteiger partial charge in [0, 0.05) is 5.48 Å². The second-order valence-corrected chi connectivity index (χ2v) is 5.37. The summed E-state index contributed by atoms with van der Waals surface area (Å²) in [5.74, 6) is -0.747. The average molecular weight is 297 g/mol. The molecular weight excluding hydrogens is 262 g/mol. The van der Waals surface area contributed by atoms with E-state index in [1.165, 1.54) is 11.8 Å². The van der Waals surface area contributed by atoms with Crippen molar-refractivity contribution in [1.82, 2.24) is 4.90 Å². The highest BCUT2D eigenvalue weighted by Crippen LogP contribution is 2.38. The zero-order valence-electron chi connectivity index (χ0n) is 20.8. The van der Waals surface area contributed by atoms with Gasteiger partial charge in [-0.15, -0.1) is 0 Å². The van der Waals surface area contributed by atoms with Gasteiger partial charge in [-0.3, -0.25) is 4.79 Å². The molecule has 1 heterocycles. The van der Waals surface area contributed by atoms with Crippen molar-refractivity contribution in [2.45, 2.75) is 39.4 Å². The summed E-state index contributed by atoms with van der Waals surface area (Å²) in [4.78, 5) is 13.9. The first-order chi connectivity index (χ1) is 13.2. The van der Waals surface area contributed by atoms with Crippen molar-refractivity contribution in [3.05, 3.63) is 35.3 Å². The van der Waals surface area contributed by atoms with Gasteiger partial charge in [0.15, 0.2) is 0 Å². The van der Waals surface area contributed by atoms with E-state index in [1.807, 2.05) is 0 Å². The monoisotopic (exact) mass is 297 g/mol. The highest BCUT2D eigenvalue weighted by atomic mass is 16.5. The third kappa shape index (κ3) is 4.57. The molecule has 0 aromatic heterocycles. The quantitative estimate of drug-likeness (QED) is 0.782. The van der Waals surface area contributed by atoms with Crippen LogP contribution in [0.2, 0.25) is 0 Å². The van der Waals surface area contributed by atoms with Crippen molar-refractivity contribution in [3.63, 3.8) is 0 Å². The molecule has 0 amide bonds. The van der Waals surface area contributed by atoms with Crippen molar-refractivity contribution >= 4 is 5.97 Å². The van der Waals surface area contributed by atoms with Crippen molar-refractivity contribution < 1.29 is 20.5 Å². The molecule has 0 spiro atoms. The van der Waals surface area contributed by atoms with E-state index in [4.69, 9.17) is 15.7 Å². The number of hydrogen-bond donors (Lipinski definition) is 0. The average Bonchev–Trinajstić information content (AvgIpc) is 2.58. The van der Waals surface area contributed by atoms with Gasteiger partial charge in [0.25, 0.3) is 0 Å². The van der Waals surface area contributed by atoms with Gasteiger partial charge >= 0.3 is 5.97 Å². The van der Waals surface area contributed by atoms with Crippen molar-refractivity contribution in [1.29, 1.82) is 0 Å². The molecule has 0 radical (unpaired) electrons. The van der Waals surface area contributed by atoms with Gasteiger partial charge < -0.3 is 9.64 Å². The van der Waals surface area contributed by atoms with E-state index < -0.39 is 49.1 Å². The Hall–Kier alpha value is -1.35. The fourth-order valence-corrected chi connectivity index (χ4v) is 2.34. The number of piperidine rings is 1. The third-order valence-corrected chi connectivity index (χ3v) is 3.41. The minimum Gasteiger partial charge on any atom is -0.466 e. The predicted octanol–water partition coefficient (Wildman–Crippen LogP) is 3.20. The van der Waals surface area contributed by atoms with E-state index in [2.05, 4.69) is 0 Å². The Morgan fingerprint density at radius 3 is 2.86 bits per heavy atom. The highest BCUT2D eigenvalue weighted by molar-refractivity contribution is 5.70. The van der Waals surface area contributed by atoms with Crippen LogP contribution >= 0.6 is 0 Å². The minimum atomic E-state index is -2.18. The molecule has 0 unspecified atom stereocenters. The van der Waals surface area contributed by atoms with Crippen LogP contribution in [0, 0.1) is 12.3 Å². The molecular formula is C18H27NO2. The summed E-state index contributed by atoms with van der Waals surface area (Å²) in [7, 11) is 1.59. The van der Waals surface area contributed by atoms with Crippen LogP contribution in [-0.2, 0) is 16.0 Å². The van der Waals surface area contributed by atoms with Crippen LogP contribution in [0.25, 0.3) is 0 Å². The van der Waals surface area contributed by atoms with Gasteiger partial charge in [-0.1, -0.05) is 29.7 Å². The van der Waals surface area contributed by atoms with E-state index in [-0.39, 0.29) is 42.9 Å². The maximum absolute atomic E-state index is 12.4. The molecule has 1 fully saturated rings. The first-order valence-corrected chi connectivity index (χ1v) is 7.11. The van der Waals surface area contributed by atoms with Crippen molar-refractivity contribution in [2.24, 2.45) is 5.41 Å². The number of benzene rings is 1. The van der Waals surface area contributed by atoms with E-state index in [0.29, 0.717) is 0 Å². The van der Waals surface area contributed by atoms with E-state index in [9.17, 15) is 4.79 Å². The SMILES string of the molecule is [2H]c1c([2H])c(C)c([2H])c(CC2(CC(=O)OCC)C([2H])([2H])CN(C)CC2([2H])[2H])c1[2H]. The number of carbonyl (C=O) groups is 1. The zero-order chi connectivity index (χ0) is 22.4. The van der Waals surface area contributed by atoms with Crippen LogP contribution in [0.3, 0.4) is 0 Å². The molecule has 1 aromatic rings. The fraction of sp³-hybridized carbons (Fsp3) is 0.611. The third-order valence-electron chi connectivity index (χ3n) is 3.41. The summed E-state index contributed by atoms with van der Waals surface area (Å²) < 4.78 is 72.1. The molecule has 1 aliphatic rings. The van der Waals surface area contributed by atoms with E-state index >= 15 is 0 Å². The van der Waals surface area contributed by atoms with Crippen LogP contribution in [0.4, 0.5) is 0 Å². The number of hydrogen-bond acceptors (Lipinski definition) is 3. The number of likely N-dealkylation sites (tertiary alicyclic amines) is 1. The predicted molar refractivity (Wildman–Crippen MR) is 85.3 cm³/mol. The van der Waals surface area contributed by atoms with Crippen LogP contribution in [0.5, 0.6) is 0 Å². The number of ether oxygens (including phenoxy) is 1. The summed E-state index contributed by atoms with van der Waals surface area (Å²) >= 11 is 0. The Balaban J connectivity index is 2.72. The summed E-state index contributed by atoms with van der Waals surface area (Å²) in [6, 6.07) is -1.24. The summed E-state index contributed by atoms with van der Waals surface area (Å²) in [6.07, 6.45) is -5.32. The van der Waals surface area contributed by atoms with Gasteiger partial charge in [-0.2, -0.15) is 0 Å². The zero-order valence-corrected chi connectivity index (χ0v) is 12.8.